The Kier molecular flexibility index (Phi) is 2.73. The third-order valence-electron chi connectivity index (χ3n) is 2.27. The van der Waals surface area contributed by atoms with Gasteiger partial charge in [0.2, 0.25) is 5.91 Å². The number of nitrogens with two attached hydrogens (primary N) is 1. The molecule has 0 spiro atoms. The highest BCUT2D eigenvalue weighted by molar-refractivity contribution is 5.77. The van der Waals surface area contributed by atoms with E-state index in [9.17, 15) is 4.79 Å². The summed E-state index contributed by atoms with van der Waals surface area (Å²) in [5, 5.41) is 2.99. The van der Waals surface area contributed by atoms with Crippen LogP contribution in [0.4, 0.5) is 0 Å². The fourth-order valence-electron chi connectivity index (χ4n) is 1.07. The van der Waals surface area contributed by atoms with Gasteiger partial charge in [0.05, 0.1) is 0 Å². The molecule has 3 nitrogen and oxygen atoms in total. The number of hydrogen-bond donors (Lipinski definition) is 2. The van der Waals surface area contributed by atoms with Gasteiger partial charge in [-0.3, -0.25) is 4.79 Å². The number of nitrogens with one attached hydrogen (secondary N) is 1. The largest absolute Gasteiger partial charge is 0.351 e. The summed E-state index contributed by atoms with van der Waals surface area (Å²) in [6, 6.07) is 0.128. The van der Waals surface area contributed by atoms with Crippen molar-refractivity contribution in [3.05, 3.63) is 0 Å². The summed E-state index contributed by atoms with van der Waals surface area (Å²) in [5.74, 6) is 0.146. The second kappa shape index (κ2) is 3.44. The second-order valence-corrected chi connectivity index (χ2v) is 4.12. The number of amides is 1. The molecule has 1 atom stereocenters. The molecule has 70 valence electrons. The lowest BCUT2D eigenvalue weighted by Gasteiger charge is -2.11. The van der Waals surface area contributed by atoms with E-state index in [0.717, 1.165) is 19.3 Å². The highest BCUT2D eigenvalue weighted by Gasteiger charge is 2.38. The Labute approximate surface area is 73.7 Å². The van der Waals surface area contributed by atoms with Gasteiger partial charge in [0.1, 0.15) is 0 Å². The summed E-state index contributed by atoms with van der Waals surface area (Å²) < 4.78 is 0. The fraction of sp³-hybridized carbons (Fsp3) is 0.889. The zero-order valence-corrected chi connectivity index (χ0v) is 7.89. The Balaban J connectivity index is 2.12. The SMILES string of the molecule is CC(N)CCC(=O)NC1(C)CC1. The number of carbonyl (C=O) groups excluding carboxylic acids is 1. The zero-order chi connectivity index (χ0) is 9.19. The minimum Gasteiger partial charge on any atom is -0.351 e. The molecule has 1 fully saturated rings. The number of carbonyl (C=O) groups is 1. The van der Waals surface area contributed by atoms with Crippen LogP contribution in [0.5, 0.6) is 0 Å². The summed E-state index contributed by atoms with van der Waals surface area (Å²) in [6.45, 7) is 4.00. The quantitative estimate of drug-likeness (QED) is 0.655. The van der Waals surface area contributed by atoms with E-state index in [4.69, 9.17) is 5.73 Å². The molecule has 0 radical (unpaired) electrons. The van der Waals surface area contributed by atoms with Gasteiger partial charge in [0, 0.05) is 18.0 Å². The van der Waals surface area contributed by atoms with Gasteiger partial charge in [0.25, 0.3) is 0 Å². The molecule has 3 N–H and O–H groups in total. The Morgan fingerprint density at radius 1 is 1.67 bits per heavy atom. The van der Waals surface area contributed by atoms with Crippen molar-refractivity contribution in [1.82, 2.24) is 5.32 Å². The van der Waals surface area contributed by atoms with Crippen LogP contribution < -0.4 is 11.1 Å². The van der Waals surface area contributed by atoms with Gasteiger partial charge in [-0.2, -0.15) is 0 Å². The Morgan fingerprint density at radius 2 is 2.25 bits per heavy atom. The minimum atomic E-state index is 0.120. The van der Waals surface area contributed by atoms with E-state index in [0.29, 0.717) is 6.42 Å². The molecule has 1 aliphatic carbocycles. The standard InChI is InChI=1S/C9H18N2O/c1-7(10)3-4-8(12)11-9(2)5-6-9/h7H,3-6,10H2,1-2H3,(H,11,12). The number of rotatable bonds is 4. The monoisotopic (exact) mass is 170 g/mol. The van der Waals surface area contributed by atoms with Gasteiger partial charge in [-0.15, -0.1) is 0 Å². The molecule has 0 heterocycles. The van der Waals surface area contributed by atoms with Crippen LogP contribution in [-0.2, 0) is 4.79 Å². The van der Waals surface area contributed by atoms with Crippen molar-refractivity contribution in [2.45, 2.75) is 51.1 Å². The predicted octanol–water partition coefficient (Wildman–Crippen LogP) is 0.782. The van der Waals surface area contributed by atoms with Crippen LogP contribution in [0, 0.1) is 0 Å². The lowest BCUT2D eigenvalue weighted by Crippen LogP contribution is -2.34. The van der Waals surface area contributed by atoms with Crippen molar-refractivity contribution in [3.63, 3.8) is 0 Å². The molecule has 1 saturated carbocycles. The molecule has 1 aliphatic rings. The molecule has 3 heteroatoms. The molecule has 0 aromatic heterocycles. The molecular weight excluding hydrogens is 152 g/mol. The van der Waals surface area contributed by atoms with Crippen molar-refractivity contribution in [1.29, 1.82) is 0 Å². The molecule has 0 aromatic rings. The van der Waals surface area contributed by atoms with E-state index in [1.54, 1.807) is 0 Å². The van der Waals surface area contributed by atoms with Gasteiger partial charge in [-0.1, -0.05) is 0 Å². The first-order valence-electron chi connectivity index (χ1n) is 4.58. The fourth-order valence-corrected chi connectivity index (χ4v) is 1.07. The van der Waals surface area contributed by atoms with Crippen LogP contribution in [0.3, 0.4) is 0 Å². The van der Waals surface area contributed by atoms with Crippen LogP contribution in [-0.4, -0.2) is 17.5 Å². The summed E-state index contributed by atoms with van der Waals surface area (Å²) in [6.07, 6.45) is 3.59. The van der Waals surface area contributed by atoms with Crippen LogP contribution >= 0.6 is 0 Å². The van der Waals surface area contributed by atoms with Crippen molar-refractivity contribution >= 4 is 5.91 Å². The van der Waals surface area contributed by atoms with E-state index in [1.807, 2.05) is 6.92 Å². The van der Waals surface area contributed by atoms with Crippen LogP contribution in [0.1, 0.15) is 39.5 Å². The average Bonchev–Trinajstić information content (AvgIpc) is 2.64. The zero-order valence-electron chi connectivity index (χ0n) is 7.89. The van der Waals surface area contributed by atoms with Crippen molar-refractivity contribution in [2.75, 3.05) is 0 Å². The Hall–Kier alpha value is -0.570. The van der Waals surface area contributed by atoms with Gasteiger partial charge in [-0.25, -0.2) is 0 Å². The summed E-state index contributed by atoms with van der Waals surface area (Å²) in [4.78, 5) is 11.2. The topological polar surface area (TPSA) is 55.1 Å². The van der Waals surface area contributed by atoms with Crippen molar-refractivity contribution in [3.8, 4) is 0 Å². The van der Waals surface area contributed by atoms with E-state index >= 15 is 0 Å². The van der Waals surface area contributed by atoms with Crippen LogP contribution in [0.15, 0.2) is 0 Å². The predicted molar refractivity (Wildman–Crippen MR) is 48.7 cm³/mol. The minimum absolute atomic E-state index is 0.120. The van der Waals surface area contributed by atoms with Gasteiger partial charge >= 0.3 is 0 Å². The highest BCUT2D eigenvalue weighted by Crippen LogP contribution is 2.34. The van der Waals surface area contributed by atoms with Crippen LogP contribution in [0.25, 0.3) is 0 Å². The summed E-state index contributed by atoms with van der Waals surface area (Å²) in [5.41, 5.74) is 5.66. The van der Waals surface area contributed by atoms with Crippen molar-refractivity contribution in [2.24, 2.45) is 5.73 Å². The molecule has 0 aliphatic heterocycles. The first-order valence-corrected chi connectivity index (χ1v) is 4.58. The Morgan fingerprint density at radius 3 is 2.67 bits per heavy atom. The van der Waals surface area contributed by atoms with Gasteiger partial charge in [-0.05, 0) is 33.1 Å². The van der Waals surface area contributed by atoms with E-state index < -0.39 is 0 Å². The van der Waals surface area contributed by atoms with E-state index in [1.165, 1.54) is 0 Å². The van der Waals surface area contributed by atoms with E-state index in [-0.39, 0.29) is 17.5 Å². The molecule has 0 aromatic carbocycles. The molecular formula is C9H18N2O. The maximum absolute atomic E-state index is 11.2. The first-order chi connectivity index (χ1) is 5.52. The molecule has 12 heavy (non-hydrogen) atoms. The lowest BCUT2D eigenvalue weighted by atomic mass is 10.2. The lowest BCUT2D eigenvalue weighted by molar-refractivity contribution is -0.122. The highest BCUT2D eigenvalue weighted by atomic mass is 16.1. The molecule has 1 amide bonds. The maximum Gasteiger partial charge on any atom is 0.220 e. The van der Waals surface area contributed by atoms with E-state index in [2.05, 4.69) is 12.2 Å². The second-order valence-electron chi connectivity index (χ2n) is 4.12. The van der Waals surface area contributed by atoms with Gasteiger partial charge in [0.15, 0.2) is 0 Å². The smallest absolute Gasteiger partial charge is 0.220 e. The Bertz CT molecular complexity index is 173. The normalized spacial score (nSPS) is 21.6. The van der Waals surface area contributed by atoms with Gasteiger partial charge < -0.3 is 11.1 Å². The molecule has 1 rings (SSSR count). The summed E-state index contributed by atoms with van der Waals surface area (Å²) >= 11 is 0. The molecule has 1 unspecified atom stereocenters. The van der Waals surface area contributed by atoms with Crippen LogP contribution in [0.2, 0.25) is 0 Å². The third-order valence-corrected chi connectivity index (χ3v) is 2.27. The molecule has 0 saturated heterocycles. The first kappa shape index (κ1) is 9.52. The molecule has 0 bridgehead atoms. The van der Waals surface area contributed by atoms with Crippen molar-refractivity contribution < 1.29 is 4.79 Å². The number of hydrogen-bond acceptors (Lipinski definition) is 2. The maximum atomic E-state index is 11.2. The average molecular weight is 170 g/mol. The third kappa shape index (κ3) is 3.22. The summed E-state index contributed by atoms with van der Waals surface area (Å²) in [7, 11) is 0.